The Morgan fingerprint density at radius 2 is 1.96 bits per heavy atom. The lowest BCUT2D eigenvalue weighted by atomic mass is 10.0. The second kappa shape index (κ2) is 10.9. The van der Waals surface area contributed by atoms with E-state index >= 15 is 0 Å². The van der Waals surface area contributed by atoms with Crippen molar-refractivity contribution >= 4 is 61.2 Å². The van der Waals surface area contributed by atoms with Crippen molar-refractivity contribution in [2.75, 3.05) is 25.9 Å². The average molecular weight is 617 g/mol. The van der Waals surface area contributed by atoms with Crippen molar-refractivity contribution in [3.63, 3.8) is 0 Å². The predicted octanol–water partition coefficient (Wildman–Crippen LogP) is 7.18. The number of hydrogen-bond donors (Lipinski definition) is 1. The number of piperidine rings is 1. The molecule has 2 N–H and O–H groups in total. The van der Waals surface area contributed by atoms with E-state index < -0.39 is 0 Å². The first-order chi connectivity index (χ1) is 22.1. The average Bonchev–Trinajstić information content (AvgIpc) is 3.88. The molecule has 10 nitrogen and oxygen atoms in total. The number of thiophene rings is 1. The first-order valence-electron chi connectivity index (χ1n) is 14.6. The van der Waals surface area contributed by atoms with Crippen LogP contribution in [0.4, 0.5) is 5.82 Å². The second-order valence-corrected chi connectivity index (χ2v) is 12.0. The zero-order valence-corrected chi connectivity index (χ0v) is 25.2. The van der Waals surface area contributed by atoms with Crippen molar-refractivity contribution in [3.05, 3.63) is 84.6 Å². The highest BCUT2D eigenvalue weighted by Crippen LogP contribution is 2.40. The third-order valence-corrected chi connectivity index (χ3v) is 9.36. The number of hydrogen-bond acceptors (Lipinski definition) is 9. The lowest BCUT2D eigenvalue weighted by molar-refractivity contribution is -0.127. The van der Waals surface area contributed by atoms with Crippen LogP contribution in [0.15, 0.2) is 87.7 Å². The van der Waals surface area contributed by atoms with E-state index in [1.54, 1.807) is 43.0 Å². The highest BCUT2D eigenvalue weighted by Gasteiger charge is 2.24. The van der Waals surface area contributed by atoms with E-state index in [-0.39, 0.29) is 11.9 Å². The van der Waals surface area contributed by atoms with Crippen LogP contribution in [0, 0.1) is 0 Å². The van der Waals surface area contributed by atoms with Crippen LogP contribution in [-0.4, -0.2) is 50.8 Å². The molecule has 1 amide bonds. The van der Waals surface area contributed by atoms with Crippen LogP contribution in [0.1, 0.15) is 24.6 Å². The molecule has 0 aliphatic carbocycles. The minimum atomic E-state index is -0.0391. The molecule has 6 aromatic heterocycles. The molecule has 1 fully saturated rings. The van der Waals surface area contributed by atoms with Crippen molar-refractivity contribution in [2.45, 2.75) is 18.9 Å². The molecule has 11 heteroatoms. The Kier molecular flexibility index (Phi) is 6.60. The zero-order valence-electron chi connectivity index (χ0n) is 24.3. The van der Waals surface area contributed by atoms with Crippen LogP contribution >= 0.6 is 11.3 Å². The normalized spacial score (nSPS) is 14.4. The number of nitrogen functional groups attached to an aromatic ring is 1. The van der Waals surface area contributed by atoms with Crippen LogP contribution in [0.3, 0.4) is 0 Å². The number of carbonyl (C=O) groups is 1. The Morgan fingerprint density at radius 3 is 2.82 bits per heavy atom. The molecule has 0 bridgehead atoms. The molecule has 7 aromatic rings. The summed E-state index contributed by atoms with van der Waals surface area (Å²) in [7, 11) is 1.61. The number of anilines is 1. The fourth-order valence-electron chi connectivity index (χ4n) is 6.07. The molecule has 8 rings (SSSR count). The van der Waals surface area contributed by atoms with Gasteiger partial charge in [0.25, 0.3) is 0 Å². The van der Waals surface area contributed by atoms with Crippen LogP contribution in [0.5, 0.6) is 5.75 Å². The van der Waals surface area contributed by atoms with E-state index in [0.717, 1.165) is 56.2 Å². The van der Waals surface area contributed by atoms with Gasteiger partial charge in [0, 0.05) is 82.2 Å². The number of para-hydroxylation sites is 1. The third-order valence-electron chi connectivity index (χ3n) is 8.43. The number of carbonyl (C=O) groups excluding carboxylic acids is 1. The highest BCUT2D eigenvalue weighted by atomic mass is 32.1. The van der Waals surface area contributed by atoms with Crippen molar-refractivity contribution in [1.82, 2.24) is 24.6 Å². The number of likely N-dealkylation sites (tertiary alicyclic amines) is 1. The Labute approximate surface area is 261 Å². The van der Waals surface area contributed by atoms with Crippen LogP contribution in [-0.2, 0) is 4.79 Å². The number of furan rings is 2. The molecule has 224 valence electrons. The van der Waals surface area contributed by atoms with Gasteiger partial charge in [0.15, 0.2) is 22.7 Å². The number of nitrogens with two attached hydrogens (primary N) is 1. The molecule has 0 unspecified atom stereocenters. The van der Waals surface area contributed by atoms with Gasteiger partial charge in [-0.05, 0) is 43.2 Å². The maximum Gasteiger partial charge on any atom is 0.246 e. The monoisotopic (exact) mass is 616 g/mol. The van der Waals surface area contributed by atoms with Crippen molar-refractivity contribution in [1.29, 1.82) is 0 Å². The number of fused-ring (bicyclic) bond motifs is 3. The molecule has 0 atom stereocenters. The van der Waals surface area contributed by atoms with Gasteiger partial charge in [0.1, 0.15) is 11.5 Å². The van der Waals surface area contributed by atoms with Crippen LogP contribution in [0.2, 0.25) is 0 Å². The molecule has 1 aromatic carbocycles. The molecule has 0 radical (unpaired) electrons. The van der Waals surface area contributed by atoms with E-state index in [4.69, 9.17) is 24.4 Å². The number of ether oxygens (including phenoxy) is 1. The van der Waals surface area contributed by atoms with E-state index in [1.165, 1.54) is 0 Å². The maximum atomic E-state index is 13.0. The van der Waals surface area contributed by atoms with Crippen molar-refractivity contribution in [3.8, 4) is 28.2 Å². The summed E-state index contributed by atoms with van der Waals surface area (Å²) in [5.41, 5.74) is 10.3. The summed E-state index contributed by atoms with van der Waals surface area (Å²) in [5, 5.41) is 9.69. The van der Waals surface area contributed by atoms with Crippen molar-refractivity contribution in [2.24, 2.45) is 0 Å². The number of methoxy groups -OCH3 is 1. The predicted molar refractivity (Wildman–Crippen MR) is 175 cm³/mol. The van der Waals surface area contributed by atoms with Gasteiger partial charge in [0.2, 0.25) is 5.91 Å². The summed E-state index contributed by atoms with van der Waals surface area (Å²) in [5.74, 6) is 2.32. The van der Waals surface area contributed by atoms with Gasteiger partial charge in [-0.1, -0.05) is 12.1 Å². The van der Waals surface area contributed by atoms with Gasteiger partial charge in [-0.2, -0.15) is 5.10 Å². The topological polar surface area (TPSA) is 125 Å². The summed E-state index contributed by atoms with van der Waals surface area (Å²) >= 11 is 1.63. The molecule has 0 spiro atoms. The SMILES string of the molecule is COc1cccc2cc(C=CC(=O)N3CCC(n4cc(-c5cnc(N)c6oc(-c7csc8cnccc78)cc56)cn4)CC3)oc12. The number of aromatic nitrogens is 4. The summed E-state index contributed by atoms with van der Waals surface area (Å²) in [4.78, 5) is 23.5. The van der Waals surface area contributed by atoms with Gasteiger partial charge >= 0.3 is 0 Å². The summed E-state index contributed by atoms with van der Waals surface area (Å²) in [6.45, 7) is 1.28. The fraction of sp³-hybridized carbons (Fsp3) is 0.176. The Bertz CT molecular complexity index is 2230. The minimum Gasteiger partial charge on any atom is -0.493 e. The molecule has 0 saturated carbocycles. The van der Waals surface area contributed by atoms with Gasteiger partial charge in [-0.25, -0.2) is 4.98 Å². The van der Waals surface area contributed by atoms with E-state index in [2.05, 4.69) is 15.3 Å². The molecule has 1 aliphatic heterocycles. The quantitative estimate of drug-likeness (QED) is 0.195. The molecular formula is C34H28N6O4S. The third kappa shape index (κ3) is 4.81. The molecule has 1 aliphatic rings. The molecule has 7 heterocycles. The lowest BCUT2D eigenvalue weighted by Crippen LogP contribution is -2.38. The zero-order chi connectivity index (χ0) is 30.5. The second-order valence-electron chi connectivity index (χ2n) is 11.1. The van der Waals surface area contributed by atoms with Crippen LogP contribution < -0.4 is 10.5 Å². The highest BCUT2D eigenvalue weighted by molar-refractivity contribution is 7.17. The molecule has 1 saturated heterocycles. The van der Waals surface area contributed by atoms with E-state index in [1.807, 2.05) is 64.6 Å². The van der Waals surface area contributed by atoms with E-state index in [0.29, 0.717) is 41.6 Å². The minimum absolute atomic E-state index is 0.0391. The smallest absolute Gasteiger partial charge is 0.246 e. The number of rotatable bonds is 6. The maximum absolute atomic E-state index is 13.0. The number of benzene rings is 1. The first-order valence-corrected chi connectivity index (χ1v) is 15.5. The Morgan fingerprint density at radius 1 is 1.07 bits per heavy atom. The first kappa shape index (κ1) is 27.2. The van der Waals surface area contributed by atoms with Gasteiger partial charge in [-0.15, -0.1) is 11.3 Å². The fourth-order valence-corrected chi connectivity index (χ4v) is 6.98. The Balaban J connectivity index is 0.974. The Hall–Kier alpha value is -5.42. The van der Waals surface area contributed by atoms with Gasteiger partial charge < -0.3 is 24.2 Å². The summed E-state index contributed by atoms with van der Waals surface area (Å²) in [6, 6.07) is 11.8. The number of amides is 1. The van der Waals surface area contributed by atoms with Crippen molar-refractivity contribution < 1.29 is 18.4 Å². The van der Waals surface area contributed by atoms with E-state index in [9.17, 15) is 4.79 Å². The number of nitrogens with zero attached hydrogens (tertiary/aromatic N) is 5. The molecular weight excluding hydrogens is 588 g/mol. The van der Waals surface area contributed by atoms with Gasteiger partial charge in [-0.3, -0.25) is 14.5 Å². The summed E-state index contributed by atoms with van der Waals surface area (Å²) < 4.78 is 20.6. The number of pyridine rings is 2. The lowest BCUT2D eigenvalue weighted by Gasteiger charge is -2.31. The summed E-state index contributed by atoms with van der Waals surface area (Å²) in [6.07, 6.45) is 14.2. The molecule has 45 heavy (non-hydrogen) atoms. The van der Waals surface area contributed by atoms with Gasteiger partial charge in [0.05, 0.1) is 24.0 Å². The largest absolute Gasteiger partial charge is 0.493 e. The van der Waals surface area contributed by atoms with Crippen LogP contribution in [0.25, 0.3) is 60.6 Å². The standard InChI is InChI=1S/C34H28N6O4S/c1-42-28-4-2-3-20-13-23(43-32(20)28)5-6-31(41)39-11-8-22(9-12-39)40-18-21(15-38-40)26-16-37-34(35)33-25(26)14-29(44-33)27-19-45-30-17-36-10-7-24(27)30/h2-7,10,13-19,22H,8-9,11-12H2,1H3,(H2,35,37).